The van der Waals surface area contributed by atoms with Crippen LogP contribution in [0.25, 0.3) is 11.0 Å². The third-order valence-corrected chi connectivity index (χ3v) is 5.32. The number of aliphatic hydroxyl groups is 1. The van der Waals surface area contributed by atoms with Crippen molar-refractivity contribution in [3.63, 3.8) is 0 Å². The number of aromatic nitrogens is 2. The lowest BCUT2D eigenvalue weighted by molar-refractivity contribution is 0.0229. The van der Waals surface area contributed by atoms with Crippen LogP contribution in [0.3, 0.4) is 0 Å². The summed E-state index contributed by atoms with van der Waals surface area (Å²) < 4.78 is 6.61. The summed E-state index contributed by atoms with van der Waals surface area (Å²) in [6.45, 7) is 6.14. The molecular weight excluding hydrogens is 336 g/mol. The van der Waals surface area contributed by atoms with Crippen molar-refractivity contribution >= 4 is 27.0 Å². The topological polar surface area (TPSA) is 78.1 Å². The van der Waals surface area contributed by atoms with Crippen molar-refractivity contribution < 1.29 is 9.84 Å². The highest BCUT2D eigenvalue weighted by Gasteiger charge is 2.42. The lowest BCUT2D eigenvalue weighted by atomic mass is 9.82. The van der Waals surface area contributed by atoms with Crippen LogP contribution in [0.2, 0.25) is 0 Å². The number of fused-ring (bicyclic) bond motifs is 1. The largest absolute Gasteiger partial charge is 0.388 e. The monoisotopic (exact) mass is 354 g/mol. The molecule has 0 radical (unpaired) electrons. The second-order valence-electron chi connectivity index (χ2n) is 5.93. The SMILES string of the molecule is CC1OC(C)C(C(O)c2cc3[nH]c(=O)[nH]c3cc2Br)C1C. The molecule has 5 nitrogen and oxygen atoms in total. The van der Waals surface area contributed by atoms with Gasteiger partial charge in [-0.15, -0.1) is 0 Å². The minimum absolute atomic E-state index is 0.00197. The van der Waals surface area contributed by atoms with Gasteiger partial charge in [-0.3, -0.25) is 0 Å². The summed E-state index contributed by atoms with van der Waals surface area (Å²) in [5.41, 5.74) is 1.95. The molecule has 0 spiro atoms. The van der Waals surface area contributed by atoms with E-state index in [1.54, 1.807) is 0 Å². The average molecular weight is 355 g/mol. The Hall–Kier alpha value is -1.11. The van der Waals surface area contributed by atoms with Gasteiger partial charge in [-0.1, -0.05) is 22.9 Å². The van der Waals surface area contributed by atoms with E-state index in [2.05, 4.69) is 32.8 Å². The lowest BCUT2D eigenvalue weighted by Gasteiger charge is -2.25. The highest BCUT2D eigenvalue weighted by molar-refractivity contribution is 9.10. The van der Waals surface area contributed by atoms with Crippen molar-refractivity contribution in [2.75, 3.05) is 0 Å². The first-order chi connectivity index (χ1) is 9.88. The predicted molar refractivity (Wildman–Crippen MR) is 84.2 cm³/mol. The van der Waals surface area contributed by atoms with E-state index in [-0.39, 0.29) is 29.7 Å². The molecule has 1 fully saturated rings. The van der Waals surface area contributed by atoms with Crippen LogP contribution in [-0.2, 0) is 4.74 Å². The molecule has 2 heterocycles. The second kappa shape index (κ2) is 5.26. The molecule has 1 saturated heterocycles. The molecule has 5 unspecified atom stereocenters. The van der Waals surface area contributed by atoms with Crippen LogP contribution in [0.5, 0.6) is 0 Å². The van der Waals surface area contributed by atoms with E-state index in [4.69, 9.17) is 4.74 Å². The molecule has 1 aromatic carbocycles. The smallest absolute Gasteiger partial charge is 0.323 e. The third kappa shape index (κ3) is 2.45. The number of halogens is 1. The number of aromatic amines is 2. The third-order valence-electron chi connectivity index (χ3n) is 4.64. The van der Waals surface area contributed by atoms with Gasteiger partial charge in [0.25, 0.3) is 0 Å². The Balaban J connectivity index is 2.03. The van der Waals surface area contributed by atoms with Crippen molar-refractivity contribution in [2.24, 2.45) is 11.8 Å². The van der Waals surface area contributed by atoms with Crippen LogP contribution in [-0.4, -0.2) is 27.3 Å². The molecule has 2 aromatic rings. The highest BCUT2D eigenvalue weighted by Crippen LogP contribution is 2.42. The summed E-state index contributed by atoms with van der Waals surface area (Å²) in [4.78, 5) is 16.8. The Morgan fingerprint density at radius 1 is 1.19 bits per heavy atom. The summed E-state index contributed by atoms with van der Waals surface area (Å²) in [5.74, 6) is 0.294. The first-order valence-electron chi connectivity index (χ1n) is 7.13. The van der Waals surface area contributed by atoms with E-state index < -0.39 is 6.10 Å². The van der Waals surface area contributed by atoms with Gasteiger partial charge in [0.1, 0.15) is 0 Å². The molecular formula is C15H19BrN2O3. The fourth-order valence-electron chi connectivity index (χ4n) is 3.34. The van der Waals surface area contributed by atoms with Crippen molar-refractivity contribution in [2.45, 2.75) is 39.1 Å². The maximum atomic E-state index is 11.4. The van der Waals surface area contributed by atoms with Crippen molar-refractivity contribution in [1.82, 2.24) is 9.97 Å². The van der Waals surface area contributed by atoms with Gasteiger partial charge < -0.3 is 19.8 Å². The Bertz CT molecular complexity index is 723. The molecule has 1 aromatic heterocycles. The zero-order valence-electron chi connectivity index (χ0n) is 12.2. The van der Waals surface area contributed by atoms with Gasteiger partial charge in [-0.25, -0.2) is 4.79 Å². The first-order valence-corrected chi connectivity index (χ1v) is 7.92. The van der Waals surface area contributed by atoms with E-state index in [1.165, 1.54) is 0 Å². The van der Waals surface area contributed by atoms with Crippen LogP contribution in [0, 0.1) is 11.8 Å². The van der Waals surface area contributed by atoms with E-state index in [0.717, 1.165) is 15.6 Å². The van der Waals surface area contributed by atoms with Gasteiger partial charge in [-0.05, 0) is 37.5 Å². The highest BCUT2D eigenvalue weighted by atomic mass is 79.9. The van der Waals surface area contributed by atoms with Gasteiger partial charge in [0, 0.05) is 10.4 Å². The molecule has 114 valence electrons. The van der Waals surface area contributed by atoms with Gasteiger partial charge in [-0.2, -0.15) is 0 Å². The number of hydrogen-bond acceptors (Lipinski definition) is 3. The lowest BCUT2D eigenvalue weighted by Crippen LogP contribution is -2.25. The van der Waals surface area contributed by atoms with Gasteiger partial charge in [0.15, 0.2) is 0 Å². The number of benzene rings is 1. The summed E-state index contributed by atoms with van der Waals surface area (Å²) >= 11 is 3.49. The number of rotatable bonds is 2. The Kier molecular flexibility index (Phi) is 3.71. The number of H-pyrrole nitrogens is 2. The van der Waals surface area contributed by atoms with Gasteiger partial charge in [0.05, 0.1) is 29.3 Å². The van der Waals surface area contributed by atoms with Crippen LogP contribution < -0.4 is 5.69 Å². The van der Waals surface area contributed by atoms with E-state index in [1.807, 2.05) is 26.0 Å². The zero-order chi connectivity index (χ0) is 15.3. The standard InChI is InChI=1S/C15H19BrN2O3/c1-6-7(2)21-8(3)13(6)14(19)9-4-11-12(5-10(9)16)18-15(20)17-11/h4-8,13-14,19H,1-3H3,(H2,17,18,20). The summed E-state index contributed by atoms with van der Waals surface area (Å²) in [6, 6.07) is 3.64. The van der Waals surface area contributed by atoms with Gasteiger partial charge in [0.2, 0.25) is 0 Å². The number of imidazole rings is 1. The summed E-state index contributed by atoms with van der Waals surface area (Å²) in [5, 5.41) is 10.8. The maximum absolute atomic E-state index is 11.4. The average Bonchev–Trinajstić information content (AvgIpc) is 2.87. The van der Waals surface area contributed by atoms with Crippen LogP contribution in [0.4, 0.5) is 0 Å². The second-order valence-corrected chi connectivity index (χ2v) is 6.78. The molecule has 6 heteroatoms. The van der Waals surface area contributed by atoms with Crippen LogP contribution in [0.1, 0.15) is 32.4 Å². The van der Waals surface area contributed by atoms with E-state index in [0.29, 0.717) is 5.52 Å². The summed E-state index contributed by atoms with van der Waals surface area (Å²) in [7, 11) is 0. The van der Waals surface area contributed by atoms with E-state index >= 15 is 0 Å². The maximum Gasteiger partial charge on any atom is 0.323 e. The molecule has 0 bridgehead atoms. The number of nitrogens with one attached hydrogen (secondary N) is 2. The fourth-order valence-corrected chi connectivity index (χ4v) is 3.92. The minimum Gasteiger partial charge on any atom is -0.388 e. The number of hydrogen-bond donors (Lipinski definition) is 3. The fraction of sp³-hybridized carbons (Fsp3) is 0.533. The molecule has 21 heavy (non-hydrogen) atoms. The molecule has 0 amide bonds. The quantitative estimate of drug-likeness (QED) is 0.775. The Morgan fingerprint density at radius 3 is 2.38 bits per heavy atom. The Labute approximate surface area is 130 Å². The molecule has 0 aliphatic carbocycles. The first kappa shape index (κ1) is 14.8. The number of ether oxygens (including phenoxy) is 1. The molecule has 5 atom stereocenters. The molecule has 3 N–H and O–H groups in total. The number of aliphatic hydroxyl groups excluding tert-OH is 1. The Morgan fingerprint density at radius 2 is 1.81 bits per heavy atom. The van der Waals surface area contributed by atoms with Gasteiger partial charge >= 0.3 is 5.69 Å². The molecule has 1 aliphatic rings. The summed E-state index contributed by atoms with van der Waals surface area (Å²) in [6.07, 6.45) is -0.510. The van der Waals surface area contributed by atoms with Crippen LogP contribution >= 0.6 is 15.9 Å². The van der Waals surface area contributed by atoms with Crippen LogP contribution in [0.15, 0.2) is 21.4 Å². The normalized spacial score (nSPS) is 30.9. The zero-order valence-corrected chi connectivity index (χ0v) is 13.8. The van der Waals surface area contributed by atoms with Crippen molar-refractivity contribution in [1.29, 1.82) is 0 Å². The molecule has 0 saturated carbocycles. The molecule has 1 aliphatic heterocycles. The van der Waals surface area contributed by atoms with E-state index in [9.17, 15) is 9.90 Å². The predicted octanol–water partition coefficient (Wildman–Crippen LogP) is 2.71. The minimum atomic E-state index is -0.642. The molecule has 3 rings (SSSR count). The van der Waals surface area contributed by atoms with Crippen molar-refractivity contribution in [3.05, 3.63) is 32.7 Å². The van der Waals surface area contributed by atoms with Crippen molar-refractivity contribution in [3.8, 4) is 0 Å².